The average molecular weight is 331 g/mol. The second-order valence-electron chi connectivity index (χ2n) is 4.74. The van der Waals surface area contributed by atoms with Crippen LogP contribution in [0.4, 0.5) is 5.82 Å². The van der Waals surface area contributed by atoms with Gasteiger partial charge in [-0.25, -0.2) is 15.0 Å². The first-order valence-corrected chi connectivity index (χ1v) is 7.98. The van der Waals surface area contributed by atoms with Gasteiger partial charge in [0, 0.05) is 24.3 Å². The summed E-state index contributed by atoms with van der Waals surface area (Å²) in [6.45, 7) is 0.724. The van der Waals surface area contributed by atoms with E-state index in [4.69, 9.17) is 11.6 Å². The Balaban J connectivity index is 1.54. The van der Waals surface area contributed by atoms with E-state index in [0.29, 0.717) is 5.82 Å². The van der Waals surface area contributed by atoms with Crippen LogP contribution >= 0.6 is 22.9 Å². The minimum atomic E-state index is 0.232. The first-order valence-electron chi connectivity index (χ1n) is 6.73. The van der Waals surface area contributed by atoms with E-state index < -0.39 is 0 Å². The van der Waals surface area contributed by atoms with Gasteiger partial charge < -0.3 is 10.3 Å². The Bertz CT molecular complexity index is 947. The number of aromatic nitrogens is 5. The summed E-state index contributed by atoms with van der Waals surface area (Å²) in [5.74, 6) is 0.675. The average Bonchev–Trinajstić information content (AvgIpc) is 3.14. The van der Waals surface area contributed by atoms with Crippen LogP contribution in [0.3, 0.4) is 0 Å². The van der Waals surface area contributed by atoms with E-state index in [-0.39, 0.29) is 5.28 Å². The number of H-pyrrole nitrogens is 1. The third-order valence-electron chi connectivity index (χ3n) is 3.39. The van der Waals surface area contributed by atoms with E-state index in [1.807, 2.05) is 12.3 Å². The highest BCUT2D eigenvalue weighted by atomic mass is 35.5. The number of fused-ring (bicyclic) bond motifs is 2. The molecule has 0 aromatic carbocycles. The molecule has 0 aliphatic heterocycles. The number of nitrogens with one attached hydrogen (secondary N) is 2. The Morgan fingerprint density at radius 2 is 2.23 bits per heavy atom. The van der Waals surface area contributed by atoms with Gasteiger partial charge in [-0.2, -0.15) is 4.98 Å². The van der Waals surface area contributed by atoms with Crippen LogP contribution in [0.5, 0.6) is 0 Å². The summed E-state index contributed by atoms with van der Waals surface area (Å²) in [6.07, 6.45) is 4.62. The Hall–Kier alpha value is -2.25. The van der Waals surface area contributed by atoms with Crippen LogP contribution in [0.1, 0.15) is 5.56 Å². The van der Waals surface area contributed by atoms with Crippen LogP contribution in [-0.2, 0) is 6.42 Å². The fourth-order valence-electron chi connectivity index (χ4n) is 2.39. The highest BCUT2D eigenvalue weighted by molar-refractivity contribution is 7.16. The maximum Gasteiger partial charge on any atom is 0.225 e. The van der Waals surface area contributed by atoms with E-state index >= 15 is 0 Å². The molecule has 0 aliphatic rings. The maximum atomic E-state index is 5.94. The molecule has 0 spiro atoms. The molecule has 0 unspecified atom stereocenters. The normalized spacial score (nSPS) is 11.3. The molecule has 0 radical (unpaired) electrons. The number of halogens is 1. The van der Waals surface area contributed by atoms with Crippen LogP contribution in [0, 0.1) is 0 Å². The summed E-state index contributed by atoms with van der Waals surface area (Å²) in [4.78, 5) is 20.9. The van der Waals surface area contributed by atoms with Crippen molar-refractivity contribution < 1.29 is 0 Å². The van der Waals surface area contributed by atoms with Gasteiger partial charge in [0.25, 0.3) is 0 Å². The third-order valence-corrected chi connectivity index (χ3v) is 4.28. The first-order chi connectivity index (χ1) is 10.8. The summed E-state index contributed by atoms with van der Waals surface area (Å²) in [5.41, 5.74) is 4.62. The Morgan fingerprint density at radius 1 is 1.27 bits per heavy atom. The van der Waals surface area contributed by atoms with Gasteiger partial charge in [0.1, 0.15) is 11.2 Å². The van der Waals surface area contributed by atoms with Crippen LogP contribution in [0.15, 0.2) is 30.0 Å². The Kier molecular flexibility index (Phi) is 3.36. The van der Waals surface area contributed by atoms with Crippen molar-refractivity contribution in [1.29, 1.82) is 0 Å². The number of aromatic amines is 1. The number of anilines is 1. The lowest BCUT2D eigenvalue weighted by atomic mass is 10.1. The minimum absolute atomic E-state index is 0.232. The summed E-state index contributed by atoms with van der Waals surface area (Å²) < 4.78 is 0. The van der Waals surface area contributed by atoms with Crippen molar-refractivity contribution in [3.8, 4) is 0 Å². The summed E-state index contributed by atoms with van der Waals surface area (Å²) >= 11 is 7.39. The molecule has 4 aromatic rings. The zero-order valence-electron chi connectivity index (χ0n) is 11.4. The lowest BCUT2D eigenvalue weighted by Gasteiger charge is -2.05. The molecule has 110 valence electrons. The van der Waals surface area contributed by atoms with Gasteiger partial charge in [0.05, 0.1) is 5.51 Å². The lowest BCUT2D eigenvalue weighted by Crippen LogP contribution is -2.07. The van der Waals surface area contributed by atoms with Gasteiger partial charge in [0.2, 0.25) is 5.28 Å². The van der Waals surface area contributed by atoms with Crippen LogP contribution in [0.25, 0.3) is 21.4 Å². The molecule has 8 heteroatoms. The molecule has 2 N–H and O–H groups in total. The molecule has 0 saturated heterocycles. The molecule has 6 nitrogen and oxygen atoms in total. The largest absolute Gasteiger partial charge is 0.368 e. The number of hydrogen-bond acceptors (Lipinski definition) is 6. The maximum absolute atomic E-state index is 5.94. The van der Waals surface area contributed by atoms with Crippen LogP contribution in [0.2, 0.25) is 5.28 Å². The molecule has 4 rings (SSSR count). The highest BCUT2D eigenvalue weighted by Gasteiger charge is 2.09. The molecular weight excluding hydrogens is 320 g/mol. The molecular formula is C14H11ClN6S. The molecule has 0 bridgehead atoms. The zero-order valence-corrected chi connectivity index (χ0v) is 12.9. The smallest absolute Gasteiger partial charge is 0.225 e. The SMILES string of the molecule is Clc1nc(NCCc2c[nH]c3ncccc23)c2ncsc2n1. The van der Waals surface area contributed by atoms with Gasteiger partial charge in [-0.05, 0) is 35.7 Å². The zero-order chi connectivity index (χ0) is 14.9. The second-order valence-corrected chi connectivity index (χ2v) is 5.91. The fourth-order valence-corrected chi connectivity index (χ4v) is 3.27. The molecule has 22 heavy (non-hydrogen) atoms. The topological polar surface area (TPSA) is 79.4 Å². The third kappa shape index (κ3) is 2.38. The highest BCUT2D eigenvalue weighted by Crippen LogP contribution is 2.24. The van der Waals surface area contributed by atoms with Crippen molar-refractivity contribution in [2.45, 2.75) is 6.42 Å². The van der Waals surface area contributed by atoms with Crippen molar-refractivity contribution in [2.75, 3.05) is 11.9 Å². The molecule has 0 amide bonds. The van der Waals surface area contributed by atoms with Crippen molar-refractivity contribution in [1.82, 2.24) is 24.9 Å². The number of nitrogens with zero attached hydrogens (tertiary/aromatic N) is 4. The van der Waals surface area contributed by atoms with Gasteiger partial charge in [-0.15, -0.1) is 11.3 Å². The minimum Gasteiger partial charge on any atom is -0.368 e. The molecule has 4 heterocycles. The van der Waals surface area contributed by atoms with E-state index in [1.54, 1.807) is 11.7 Å². The van der Waals surface area contributed by atoms with E-state index in [9.17, 15) is 0 Å². The Morgan fingerprint density at radius 3 is 3.18 bits per heavy atom. The number of pyridine rings is 1. The van der Waals surface area contributed by atoms with Crippen molar-refractivity contribution >= 4 is 50.1 Å². The van der Waals surface area contributed by atoms with Gasteiger partial charge in [-0.1, -0.05) is 0 Å². The summed E-state index contributed by atoms with van der Waals surface area (Å²) in [6, 6.07) is 4.00. The number of thiazole rings is 1. The fraction of sp³-hybridized carbons (Fsp3) is 0.143. The molecule has 0 atom stereocenters. The van der Waals surface area contributed by atoms with E-state index in [1.165, 1.54) is 16.9 Å². The Labute approximate surface area is 134 Å². The standard InChI is InChI=1S/C14H11ClN6S/c15-14-20-12(10-13(21-14)22-7-19-10)17-5-3-8-6-18-11-9(8)2-1-4-16-11/h1-2,4,6-7H,3,5H2,(H,16,18)(H,17,20,21). The molecule has 0 aliphatic carbocycles. The predicted molar refractivity (Wildman–Crippen MR) is 88.5 cm³/mol. The van der Waals surface area contributed by atoms with Crippen molar-refractivity contribution in [3.05, 3.63) is 40.9 Å². The second kappa shape index (κ2) is 5.51. The van der Waals surface area contributed by atoms with Crippen LogP contribution in [-0.4, -0.2) is 31.5 Å². The summed E-state index contributed by atoms with van der Waals surface area (Å²) in [7, 11) is 0. The van der Waals surface area contributed by atoms with Gasteiger partial charge in [-0.3, -0.25) is 0 Å². The monoisotopic (exact) mass is 330 g/mol. The quantitative estimate of drug-likeness (QED) is 0.561. The molecule has 0 saturated carbocycles. The van der Waals surface area contributed by atoms with Crippen molar-refractivity contribution in [2.24, 2.45) is 0 Å². The first kappa shape index (κ1) is 13.4. The van der Waals surface area contributed by atoms with E-state index in [0.717, 1.165) is 34.3 Å². The predicted octanol–water partition coefficient (Wildman–Crippen LogP) is 3.27. The molecule has 4 aromatic heterocycles. The van der Waals surface area contributed by atoms with Crippen molar-refractivity contribution in [3.63, 3.8) is 0 Å². The summed E-state index contributed by atoms with van der Waals surface area (Å²) in [5, 5.41) is 4.67. The number of hydrogen-bond donors (Lipinski definition) is 2. The van der Waals surface area contributed by atoms with Gasteiger partial charge in [0.15, 0.2) is 10.6 Å². The lowest BCUT2D eigenvalue weighted by molar-refractivity contribution is 1.01. The van der Waals surface area contributed by atoms with Crippen LogP contribution < -0.4 is 5.32 Å². The molecule has 0 fully saturated rings. The van der Waals surface area contributed by atoms with Gasteiger partial charge >= 0.3 is 0 Å². The van der Waals surface area contributed by atoms with E-state index in [2.05, 4.69) is 36.3 Å². The number of rotatable bonds is 4.